The van der Waals surface area contributed by atoms with E-state index in [4.69, 9.17) is 23.2 Å². The third kappa shape index (κ3) is 2.60. The number of nitrogens with zero attached hydrogens (tertiary/aromatic N) is 1. The van der Waals surface area contributed by atoms with Gasteiger partial charge in [-0.25, -0.2) is 4.79 Å². The number of hydrogen-bond donors (Lipinski definition) is 1. The Morgan fingerprint density at radius 2 is 1.85 bits per heavy atom. The maximum absolute atomic E-state index is 11.3. The number of halogens is 3. The van der Waals surface area contributed by atoms with Gasteiger partial charge in [0.25, 0.3) is 0 Å². The molecule has 0 bridgehead atoms. The van der Waals surface area contributed by atoms with E-state index < -0.39 is 5.97 Å². The van der Waals surface area contributed by atoms with Gasteiger partial charge in [0.2, 0.25) is 0 Å². The summed E-state index contributed by atoms with van der Waals surface area (Å²) in [6.07, 6.45) is 0. The molecule has 6 heteroatoms. The largest absolute Gasteiger partial charge is 0.477 e. The molecule has 2 aromatic rings. The van der Waals surface area contributed by atoms with E-state index in [-0.39, 0.29) is 11.7 Å². The van der Waals surface area contributed by atoms with Gasteiger partial charge in [0.05, 0.1) is 15.7 Å². The van der Waals surface area contributed by atoms with Crippen LogP contribution < -0.4 is 0 Å². The minimum atomic E-state index is -0.968. The maximum atomic E-state index is 11.3. The van der Waals surface area contributed by atoms with Gasteiger partial charge in [-0.3, -0.25) is 0 Å². The zero-order chi connectivity index (χ0) is 15.0. The van der Waals surface area contributed by atoms with Crippen molar-refractivity contribution in [3.05, 3.63) is 44.5 Å². The van der Waals surface area contributed by atoms with Crippen molar-refractivity contribution in [2.24, 2.45) is 0 Å². The van der Waals surface area contributed by atoms with Crippen LogP contribution in [-0.4, -0.2) is 15.6 Å². The molecule has 0 fully saturated rings. The lowest BCUT2D eigenvalue weighted by molar-refractivity contribution is 0.0683. The monoisotopic (exact) mass is 375 g/mol. The van der Waals surface area contributed by atoms with Gasteiger partial charge in [-0.05, 0) is 48.0 Å². The fourth-order valence-electron chi connectivity index (χ4n) is 2.12. The standard InChI is InChI=1S/C14H12BrCl2NO2/c1-7(2)18-10(5-6-11(18)14(19)20)8-3-4-9(15)13(17)12(8)16/h3-7H,1-2H3,(H,19,20). The van der Waals surface area contributed by atoms with Crippen molar-refractivity contribution >= 4 is 45.1 Å². The minimum Gasteiger partial charge on any atom is -0.477 e. The molecule has 0 saturated heterocycles. The normalized spacial score (nSPS) is 11.1. The number of carboxylic acids is 1. The van der Waals surface area contributed by atoms with E-state index in [1.807, 2.05) is 19.9 Å². The lowest BCUT2D eigenvalue weighted by Gasteiger charge is -2.17. The van der Waals surface area contributed by atoms with Crippen molar-refractivity contribution in [2.75, 3.05) is 0 Å². The summed E-state index contributed by atoms with van der Waals surface area (Å²) in [6, 6.07) is 6.92. The molecule has 1 N–H and O–H groups in total. The molecule has 0 saturated carbocycles. The van der Waals surface area contributed by atoms with Crippen LogP contribution in [0.15, 0.2) is 28.7 Å². The van der Waals surface area contributed by atoms with Gasteiger partial charge in [0.1, 0.15) is 5.69 Å². The van der Waals surface area contributed by atoms with Crippen molar-refractivity contribution in [1.29, 1.82) is 0 Å². The molecule has 0 aliphatic heterocycles. The average Bonchev–Trinajstić information content (AvgIpc) is 2.81. The molecule has 0 atom stereocenters. The van der Waals surface area contributed by atoms with Crippen LogP contribution in [-0.2, 0) is 0 Å². The fourth-order valence-corrected chi connectivity index (χ4v) is 2.99. The van der Waals surface area contributed by atoms with Gasteiger partial charge >= 0.3 is 5.97 Å². The molecule has 2 rings (SSSR count). The SMILES string of the molecule is CC(C)n1c(C(=O)O)ccc1-c1ccc(Br)c(Cl)c1Cl. The highest BCUT2D eigenvalue weighted by Crippen LogP contribution is 2.39. The topological polar surface area (TPSA) is 42.2 Å². The predicted molar refractivity (Wildman–Crippen MR) is 84.9 cm³/mol. The maximum Gasteiger partial charge on any atom is 0.352 e. The first-order chi connectivity index (χ1) is 9.34. The summed E-state index contributed by atoms with van der Waals surface area (Å²) < 4.78 is 2.43. The summed E-state index contributed by atoms with van der Waals surface area (Å²) in [6.45, 7) is 3.84. The Hall–Kier alpha value is -0.970. The van der Waals surface area contributed by atoms with Gasteiger partial charge in [-0.15, -0.1) is 0 Å². The predicted octanol–water partition coefficient (Wildman–Crippen LogP) is 5.50. The summed E-state index contributed by atoms with van der Waals surface area (Å²) in [7, 11) is 0. The van der Waals surface area contributed by atoms with E-state index in [1.54, 1.807) is 22.8 Å². The van der Waals surface area contributed by atoms with Gasteiger partial charge in [0, 0.05) is 16.1 Å². The number of carbonyl (C=O) groups is 1. The van der Waals surface area contributed by atoms with E-state index in [2.05, 4.69) is 15.9 Å². The average molecular weight is 377 g/mol. The van der Waals surface area contributed by atoms with Gasteiger partial charge < -0.3 is 9.67 Å². The molecule has 0 spiro atoms. The van der Waals surface area contributed by atoms with Crippen LogP contribution in [0.2, 0.25) is 10.0 Å². The van der Waals surface area contributed by atoms with Gasteiger partial charge in [0.15, 0.2) is 0 Å². The highest BCUT2D eigenvalue weighted by atomic mass is 79.9. The molecule has 106 valence electrons. The number of hydrogen-bond acceptors (Lipinski definition) is 1. The van der Waals surface area contributed by atoms with Crippen LogP contribution in [0.5, 0.6) is 0 Å². The second kappa shape index (κ2) is 5.80. The second-order valence-corrected chi connectivity index (χ2v) is 6.21. The first kappa shape index (κ1) is 15.4. The van der Waals surface area contributed by atoms with Crippen molar-refractivity contribution in [3.63, 3.8) is 0 Å². The van der Waals surface area contributed by atoms with Crippen LogP contribution in [0.4, 0.5) is 0 Å². The third-order valence-electron chi connectivity index (χ3n) is 2.96. The highest BCUT2D eigenvalue weighted by Gasteiger charge is 2.20. The number of aromatic nitrogens is 1. The lowest BCUT2D eigenvalue weighted by atomic mass is 10.1. The lowest BCUT2D eigenvalue weighted by Crippen LogP contribution is -2.11. The molecule has 1 aromatic carbocycles. The minimum absolute atomic E-state index is 0.00964. The highest BCUT2D eigenvalue weighted by molar-refractivity contribution is 9.10. The summed E-state index contributed by atoms with van der Waals surface area (Å²) in [5.41, 5.74) is 1.67. The summed E-state index contributed by atoms with van der Waals surface area (Å²) in [4.78, 5) is 11.3. The Morgan fingerprint density at radius 3 is 2.40 bits per heavy atom. The van der Waals surface area contributed by atoms with E-state index in [0.717, 1.165) is 5.69 Å². The Bertz CT molecular complexity index is 680. The fraction of sp³-hybridized carbons (Fsp3) is 0.214. The van der Waals surface area contributed by atoms with Crippen LogP contribution in [0, 0.1) is 0 Å². The molecule has 0 unspecified atom stereocenters. The van der Waals surface area contributed by atoms with Crippen molar-refractivity contribution in [3.8, 4) is 11.3 Å². The Kier molecular flexibility index (Phi) is 4.47. The smallest absolute Gasteiger partial charge is 0.352 e. The number of benzene rings is 1. The molecule has 1 aromatic heterocycles. The van der Waals surface area contributed by atoms with E-state index in [1.165, 1.54) is 0 Å². The molecule has 0 radical (unpaired) electrons. The molecule has 0 aliphatic carbocycles. The Balaban J connectivity index is 2.71. The molecule has 0 amide bonds. The van der Waals surface area contributed by atoms with Crippen molar-refractivity contribution < 1.29 is 9.90 Å². The Labute approximate surface area is 135 Å². The van der Waals surface area contributed by atoms with Crippen LogP contribution in [0.1, 0.15) is 30.4 Å². The van der Waals surface area contributed by atoms with E-state index in [9.17, 15) is 9.90 Å². The summed E-state index contributed by atoms with van der Waals surface area (Å²) in [5.74, 6) is -0.968. The molecule has 3 nitrogen and oxygen atoms in total. The van der Waals surface area contributed by atoms with Crippen molar-refractivity contribution in [2.45, 2.75) is 19.9 Å². The molecule has 0 aliphatic rings. The molecular formula is C14H12BrCl2NO2. The number of carboxylic acid groups (broad SMARTS) is 1. The first-order valence-electron chi connectivity index (χ1n) is 5.93. The summed E-state index contributed by atoms with van der Waals surface area (Å²) >= 11 is 15.7. The quantitative estimate of drug-likeness (QED) is 0.718. The zero-order valence-electron chi connectivity index (χ0n) is 10.8. The van der Waals surface area contributed by atoms with Crippen LogP contribution in [0.3, 0.4) is 0 Å². The van der Waals surface area contributed by atoms with Gasteiger partial charge in [-0.1, -0.05) is 29.3 Å². The first-order valence-corrected chi connectivity index (χ1v) is 7.48. The van der Waals surface area contributed by atoms with E-state index >= 15 is 0 Å². The molecule has 20 heavy (non-hydrogen) atoms. The molecule has 1 heterocycles. The second-order valence-electron chi connectivity index (χ2n) is 4.60. The van der Waals surface area contributed by atoms with E-state index in [0.29, 0.717) is 20.1 Å². The van der Waals surface area contributed by atoms with Crippen LogP contribution >= 0.6 is 39.1 Å². The number of rotatable bonds is 3. The third-order valence-corrected chi connectivity index (χ3v) is 4.74. The number of aromatic carboxylic acids is 1. The summed E-state index contributed by atoms with van der Waals surface area (Å²) in [5, 5.41) is 10.1. The van der Waals surface area contributed by atoms with Crippen molar-refractivity contribution in [1.82, 2.24) is 4.57 Å². The zero-order valence-corrected chi connectivity index (χ0v) is 13.9. The Morgan fingerprint density at radius 1 is 1.20 bits per heavy atom. The van der Waals surface area contributed by atoms with Crippen LogP contribution in [0.25, 0.3) is 11.3 Å². The van der Waals surface area contributed by atoms with Gasteiger partial charge in [-0.2, -0.15) is 0 Å². The molecular weight excluding hydrogens is 365 g/mol.